The SMILES string of the molecule is CCC(O)C(C)[C]=O. The molecule has 0 spiro atoms. The van der Waals surface area contributed by atoms with Crippen LogP contribution < -0.4 is 0 Å². The van der Waals surface area contributed by atoms with Crippen LogP contribution in [0.1, 0.15) is 20.3 Å². The predicted octanol–water partition coefficient (Wildman–Crippen LogP) is 0.503. The van der Waals surface area contributed by atoms with Crippen molar-refractivity contribution in [2.45, 2.75) is 26.4 Å². The minimum atomic E-state index is -0.507. The van der Waals surface area contributed by atoms with Crippen molar-refractivity contribution in [1.29, 1.82) is 0 Å². The van der Waals surface area contributed by atoms with E-state index in [0.717, 1.165) is 0 Å². The van der Waals surface area contributed by atoms with Gasteiger partial charge in [0, 0.05) is 5.92 Å². The molecule has 1 N–H and O–H groups in total. The molecule has 0 fully saturated rings. The summed E-state index contributed by atoms with van der Waals surface area (Å²) in [5.41, 5.74) is 0. The Bertz CT molecular complexity index is 70.9. The minimum absolute atomic E-state index is 0.333. The van der Waals surface area contributed by atoms with Crippen LogP contribution in [0.2, 0.25) is 0 Å². The Kier molecular flexibility index (Phi) is 3.44. The van der Waals surface area contributed by atoms with E-state index in [0.29, 0.717) is 6.42 Å². The molecule has 0 aliphatic carbocycles. The second-order valence-electron chi connectivity index (χ2n) is 1.88. The van der Waals surface area contributed by atoms with Crippen LogP contribution in [-0.2, 0) is 4.79 Å². The highest BCUT2D eigenvalue weighted by atomic mass is 16.3. The Morgan fingerprint density at radius 2 is 2.25 bits per heavy atom. The Hall–Kier alpha value is -0.370. The van der Waals surface area contributed by atoms with Crippen molar-refractivity contribution in [2.24, 2.45) is 5.92 Å². The first kappa shape index (κ1) is 7.63. The quantitative estimate of drug-likeness (QED) is 0.581. The van der Waals surface area contributed by atoms with Crippen LogP contribution in [0.3, 0.4) is 0 Å². The van der Waals surface area contributed by atoms with Gasteiger partial charge in [-0.25, -0.2) is 0 Å². The number of hydrogen-bond donors (Lipinski definition) is 1. The molecule has 2 heteroatoms. The molecule has 0 aromatic rings. The smallest absolute Gasteiger partial charge is 0.204 e. The second-order valence-corrected chi connectivity index (χ2v) is 1.88. The van der Waals surface area contributed by atoms with E-state index >= 15 is 0 Å². The summed E-state index contributed by atoms with van der Waals surface area (Å²) in [5.74, 6) is -0.333. The van der Waals surface area contributed by atoms with Crippen LogP contribution in [0.4, 0.5) is 0 Å². The van der Waals surface area contributed by atoms with Gasteiger partial charge in [0.15, 0.2) is 0 Å². The lowest BCUT2D eigenvalue weighted by Crippen LogP contribution is -2.16. The average Bonchev–Trinajstić information content (AvgIpc) is 1.84. The summed E-state index contributed by atoms with van der Waals surface area (Å²) in [7, 11) is 0. The standard InChI is InChI=1S/C6H11O2/c1-3-6(8)5(2)4-7/h5-6,8H,3H2,1-2H3. The maximum atomic E-state index is 9.82. The van der Waals surface area contributed by atoms with E-state index in [1.165, 1.54) is 0 Å². The van der Waals surface area contributed by atoms with E-state index in [9.17, 15) is 4.79 Å². The fourth-order valence-corrected chi connectivity index (χ4v) is 0.432. The lowest BCUT2D eigenvalue weighted by Gasteiger charge is -2.07. The van der Waals surface area contributed by atoms with E-state index in [4.69, 9.17) is 5.11 Å². The maximum absolute atomic E-state index is 9.82. The normalized spacial score (nSPS) is 17.4. The fourth-order valence-electron chi connectivity index (χ4n) is 0.432. The van der Waals surface area contributed by atoms with Crippen LogP contribution in [0, 0.1) is 5.92 Å². The van der Waals surface area contributed by atoms with Crippen LogP contribution in [0.25, 0.3) is 0 Å². The van der Waals surface area contributed by atoms with E-state index in [2.05, 4.69) is 0 Å². The summed E-state index contributed by atoms with van der Waals surface area (Å²) in [6.07, 6.45) is 1.83. The zero-order valence-electron chi connectivity index (χ0n) is 5.22. The number of aliphatic hydroxyl groups is 1. The number of rotatable bonds is 3. The van der Waals surface area contributed by atoms with Gasteiger partial charge in [-0.3, -0.25) is 4.79 Å². The Labute approximate surface area is 49.5 Å². The largest absolute Gasteiger partial charge is 0.392 e. The highest BCUT2D eigenvalue weighted by Gasteiger charge is 2.09. The number of carbonyl (C=O) groups excluding carboxylic acids is 1. The molecule has 0 saturated heterocycles. The monoisotopic (exact) mass is 115 g/mol. The minimum Gasteiger partial charge on any atom is -0.392 e. The Morgan fingerprint density at radius 3 is 2.38 bits per heavy atom. The maximum Gasteiger partial charge on any atom is 0.204 e. The predicted molar refractivity (Wildman–Crippen MR) is 31.2 cm³/mol. The van der Waals surface area contributed by atoms with Gasteiger partial charge in [0.2, 0.25) is 6.29 Å². The van der Waals surface area contributed by atoms with Gasteiger partial charge in [-0.15, -0.1) is 0 Å². The van der Waals surface area contributed by atoms with Crippen molar-refractivity contribution in [3.63, 3.8) is 0 Å². The van der Waals surface area contributed by atoms with Crippen molar-refractivity contribution in [1.82, 2.24) is 0 Å². The van der Waals surface area contributed by atoms with E-state index < -0.39 is 6.10 Å². The molecule has 2 unspecified atom stereocenters. The summed E-state index contributed by atoms with van der Waals surface area (Å²) in [6.45, 7) is 3.49. The van der Waals surface area contributed by atoms with Gasteiger partial charge in [0.25, 0.3) is 0 Å². The van der Waals surface area contributed by atoms with Gasteiger partial charge in [0.05, 0.1) is 6.10 Å². The second kappa shape index (κ2) is 3.61. The average molecular weight is 115 g/mol. The van der Waals surface area contributed by atoms with Crippen LogP contribution in [0.15, 0.2) is 0 Å². The topological polar surface area (TPSA) is 37.3 Å². The molecular formula is C6H11O2. The molecule has 2 atom stereocenters. The van der Waals surface area contributed by atoms with Gasteiger partial charge in [-0.1, -0.05) is 13.8 Å². The van der Waals surface area contributed by atoms with Gasteiger partial charge in [-0.2, -0.15) is 0 Å². The summed E-state index contributed by atoms with van der Waals surface area (Å²) < 4.78 is 0. The molecule has 0 aliphatic heterocycles. The molecule has 8 heavy (non-hydrogen) atoms. The fraction of sp³-hybridized carbons (Fsp3) is 0.833. The third kappa shape index (κ3) is 2.07. The molecule has 0 bridgehead atoms. The van der Waals surface area contributed by atoms with E-state index in [1.54, 1.807) is 13.2 Å². The highest BCUT2D eigenvalue weighted by molar-refractivity contribution is 5.54. The van der Waals surface area contributed by atoms with Crippen molar-refractivity contribution in [3.05, 3.63) is 0 Å². The van der Waals surface area contributed by atoms with Crippen molar-refractivity contribution >= 4 is 6.29 Å². The van der Waals surface area contributed by atoms with Crippen molar-refractivity contribution in [2.75, 3.05) is 0 Å². The summed E-state index contributed by atoms with van der Waals surface area (Å²) >= 11 is 0. The third-order valence-electron chi connectivity index (χ3n) is 1.18. The Balaban J connectivity index is 3.44. The molecule has 1 radical (unpaired) electrons. The van der Waals surface area contributed by atoms with Gasteiger partial charge >= 0.3 is 0 Å². The zero-order valence-corrected chi connectivity index (χ0v) is 5.22. The number of hydrogen-bond acceptors (Lipinski definition) is 2. The van der Waals surface area contributed by atoms with Gasteiger partial charge in [-0.05, 0) is 6.42 Å². The zero-order chi connectivity index (χ0) is 6.57. The molecule has 0 rings (SSSR count). The first-order valence-electron chi connectivity index (χ1n) is 2.78. The molecule has 0 aromatic carbocycles. The lowest BCUT2D eigenvalue weighted by molar-refractivity contribution is 0.139. The molecular weight excluding hydrogens is 104 g/mol. The highest BCUT2D eigenvalue weighted by Crippen LogP contribution is 2.01. The van der Waals surface area contributed by atoms with Crippen LogP contribution >= 0.6 is 0 Å². The molecule has 0 aliphatic rings. The van der Waals surface area contributed by atoms with Crippen LogP contribution in [0.5, 0.6) is 0 Å². The molecule has 0 amide bonds. The van der Waals surface area contributed by atoms with Crippen molar-refractivity contribution in [3.8, 4) is 0 Å². The first-order chi connectivity index (χ1) is 3.72. The lowest BCUT2D eigenvalue weighted by atomic mass is 10.1. The molecule has 0 aromatic heterocycles. The van der Waals surface area contributed by atoms with E-state index in [1.807, 2.05) is 6.92 Å². The number of aliphatic hydroxyl groups excluding tert-OH is 1. The summed E-state index contributed by atoms with van der Waals surface area (Å²) in [5, 5.41) is 8.86. The van der Waals surface area contributed by atoms with Crippen LogP contribution in [-0.4, -0.2) is 17.5 Å². The van der Waals surface area contributed by atoms with Gasteiger partial charge < -0.3 is 5.11 Å². The molecule has 0 saturated carbocycles. The Morgan fingerprint density at radius 1 is 1.75 bits per heavy atom. The molecule has 0 heterocycles. The van der Waals surface area contributed by atoms with E-state index in [-0.39, 0.29) is 5.92 Å². The molecule has 2 nitrogen and oxygen atoms in total. The van der Waals surface area contributed by atoms with Gasteiger partial charge in [0.1, 0.15) is 0 Å². The summed E-state index contributed by atoms with van der Waals surface area (Å²) in [6, 6.07) is 0. The summed E-state index contributed by atoms with van der Waals surface area (Å²) in [4.78, 5) is 9.82. The molecule has 47 valence electrons. The first-order valence-corrected chi connectivity index (χ1v) is 2.78. The van der Waals surface area contributed by atoms with Crippen molar-refractivity contribution < 1.29 is 9.90 Å². The third-order valence-corrected chi connectivity index (χ3v) is 1.18.